The molecule has 3 heterocycles. The molecule has 0 radical (unpaired) electrons. The fourth-order valence-electron chi connectivity index (χ4n) is 3.81. The summed E-state index contributed by atoms with van der Waals surface area (Å²) in [5.41, 5.74) is 1.28. The fourth-order valence-corrected chi connectivity index (χ4v) is 4.27. The van der Waals surface area contributed by atoms with Crippen molar-refractivity contribution in [3.8, 4) is 6.19 Å². The Kier molecular flexibility index (Phi) is 9.20. The summed E-state index contributed by atoms with van der Waals surface area (Å²) < 4.78 is 0. The van der Waals surface area contributed by atoms with Crippen LogP contribution in [0.25, 0.3) is 0 Å². The Balaban J connectivity index is 1.32. The first-order valence-electron chi connectivity index (χ1n) is 10.8. The number of hydrogen-bond donors (Lipinski definition) is 3. The second-order valence-corrected chi connectivity index (χ2v) is 8.56. The molecule has 0 aliphatic carbocycles. The van der Waals surface area contributed by atoms with E-state index in [-0.39, 0.29) is 16.2 Å². The van der Waals surface area contributed by atoms with Gasteiger partial charge in [-0.3, -0.25) is 15.1 Å². The number of rotatable bonds is 9. The molecule has 0 saturated carbocycles. The van der Waals surface area contributed by atoms with E-state index in [1.165, 1.54) is 0 Å². The second-order valence-electron chi connectivity index (χ2n) is 7.79. The van der Waals surface area contributed by atoms with Crippen molar-refractivity contribution in [2.75, 3.05) is 25.0 Å². The lowest BCUT2D eigenvalue weighted by Crippen LogP contribution is -2.28. The van der Waals surface area contributed by atoms with Gasteiger partial charge in [-0.25, -0.2) is 4.98 Å². The number of H-pyrrole nitrogens is 1. The van der Waals surface area contributed by atoms with Crippen LogP contribution in [0.5, 0.6) is 0 Å². The largest absolute Gasteiger partial charge is 0.357 e. The van der Waals surface area contributed by atoms with Crippen molar-refractivity contribution in [3.05, 3.63) is 46.5 Å². The average molecular weight is 476 g/mol. The minimum atomic E-state index is 0.0991. The number of halogens is 2. The minimum Gasteiger partial charge on any atom is -0.357 e. The van der Waals surface area contributed by atoms with Gasteiger partial charge in [0.2, 0.25) is 5.96 Å². The molecule has 1 fully saturated rings. The number of guanidine groups is 1. The first-order chi connectivity index (χ1) is 15.5. The van der Waals surface area contributed by atoms with Crippen molar-refractivity contribution < 1.29 is 4.79 Å². The van der Waals surface area contributed by atoms with E-state index in [9.17, 15) is 4.79 Å². The highest BCUT2D eigenvalue weighted by molar-refractivity contribution is 6.33. The SMILES string of the molecule is N#CNC(=NCCCCCCC1CCN(C(=O)c2ccc[nH]2)C1)Nc1cc(Cl)nc(Cl)c1. The van der Waals surface area contributed by atoms with E-state index in [4.69, 9.17) is 28.5 Å². The molecule has 2 aromatic heterocycles. The number of hydrogen-bond acceptors (Lipinski definition) is 4. The number of aromatic nitrogens is 2. The molecule has 170 valence electrons. The monoisotopic (exact) mass is 475 g/mol. The maximum Gasteiger partial charge on any atom is 0.270 e. The maximum atomic E-state index is 12.4. The lowest BCUT2D eigenvalue weighted by molar-refractivity contribution is 0.0781. The van der Waals surface area contributed by atoms with Gasteiger partial charge < -0.3 is 15.2 Å². The summed E-state index contributed by atoms with van der Waals surface area (Å²) in [6.07, 6.45) is 10.1. The summed E-state index contributed by atoms with van der Waals surface area (Å²) >= 11 is 11.8. The van der Waals surface area contributed by atoms with Crippen LogP contribution in [0.2, 0.25) is 10.3 Å². The second kappa shape index (κ2) is 12.3. The Labute approximate surface area is 198 Å². The van der Waals surface area contributed by atoms with E-state index >= 15 is 0 Å². The van der Waals surface area contributed by atoms with Crippen LogP contribution in [0, 0.1) is 17.4 Å². The number of aliphatic imine (C=N–C) groups is 1. The lowest BCUT2D eigenvalue weighted by atomic mass is 10.00. The molecule has 0 bridgehead atoms. The molecule has 8 nitrogen and oxygen atoms in total. The van der Waals surface area contributed by atoms with Gasteiger partial charge in [-0.2, -0.15) is 5.26 Å². The number of aromatic amines is 1. The third-order valence-corrected chi connectivity index (χ3v) is 5.78. The van der Waals surface area contributed by atoms with Crippen LogP contribution in [-0.2, 0) is 0 Å². The summed E-state index contributed by atoms with van der Waals surface area (Å²) in [5.74, 6) is 1.03. The zero-order chi connectivity index (χ0) is 22.8. The normalized spacial score (nSPS) is 16.1. The third kappa shape index (κ3) is 7.43. The zero-order valence-electron chi connectivity index (χ0n) is 17.8. The predicted octanol–water partition coefficient (Wildman–Crippen LogP) is 4.67. The summed E-state index contributed by atoms with van der Waals surface area (Å²) in [6, 6.07) is 6.90. The van der Waals surface area contributed by atoms with Gasteiger partial charge in [0.1, 0.15) is 16.0 Å². The quantitative estimate of drug-likeness (QED) is 0.122. The molecule has 1 aliphatic heterocycles. The molecule has 3 N–H and O–H groups in total. The Morgan fingerprint density at radius 3 is 2.78 bits per heavy atom. The van der Waals surface area contributed by atoms with E-state index < -0.39 is 0 Å². The molecule has 3 rings (SSSR count). The van der Waals surface area contributed by atoms with Crippen molar-refractivity contribution in [2.45, 2.75) is 38.5 Å². The van der Waals surface area contributed by atoms with E-state index in [2.05, 4.69) is 25.6 Å². The molecular weight excluding hydrogens is 449 g/mol. The van der Waals surface area contributed by atoms with E-state index in [0.29, 0.717) is 29.8 Å². The smallest absolute Gasteiger partial charge is 0.270 e. The lowest BCUT2D eigenvalue weighted by Gasteiger charge is -2.15. The maximum absolute atomic E-state index is 12.4. The number of nitriles is 1. The minimum absolute atomic E-state index is 0.0991. The molecule has 1 amide bonds. The molecule has 0 spiro atoms. The van der Waals surface area contributed by atoms with E-state index in [1.54, 1.807) is 18.3 Å². The standard InChI is InChI=1S/C22H27Cl2N7O/c23-19-12-17(13-20(24)30-19)29-22(28-15-25)27-9-4-2-1-3-6-16-8-11-31(14-16)21(32)18-7-5-10-26-18/h5,7,10,12-13,16,26H,1-4,6,8-9,11,14H2,(H2,27,28,29,30). The molecule has 10 heteroatoms. The topological polar surface area (TPSA) is 109 Å². The zero-order valence-corrected chi connectivity index (χ0v) is 19.3. The number of nitrogens with one attached hydrogen (secondary N) is 3. The highest BCUT2D eigenvalue weighted by Crippen LogP contribution is 2.23. The van der Waals surface area contributed by atoms with E-state index in [1.807, 2.05) is 23.2 Å². The molecule has 1 aliphatic rings. The average Bonchev–Trinajstić information content (AvgIpc) is 3.44. The van der Waals surface area contributed by atoms with Crippen molar-refractivity contribution in [2.24, 2.45) is 10.9 Å². The van der Waals surface area contributed by atoms with Crippen LogP contribution in [0.3, 0.4) is 0 Å². The van der Waals surface area contributed by atoms with Crippen LogP contribution in [-0.4, -0.2) is 46.4 Å². The summed E-state index contributed by atoms with van der Waals surface area (Å²) in [4.78, 5) is 25.6. The number of carbonyl (C=O) groups excluding carboxylic acids is 1. The molecule has 1 unspecified atom stereocenters. The molecule has 2 aromatic rings. The highest BCUT2D eigenvalue weighted by atomic mass is 35.5. The van der Waals surface area contributed by atoms with Gasteiger partial charge in [-0.1, -0.05) is 42.5 Å². The highest BCUT2D eigenvalue weighted by Gasteiger charge is 2.26. The van der Waals surface area contributed by atoms with Crippen molar-refractivity contribution in [1.82, 2.24) is 20.2 Å². The number of amides is 1. The van der Waals surface area contributed by atoms with Gasteiger partial charge in [-0.05, 0) is 49.4 Å². The number of likely N-dealkylation sites (tertiary alicyclic amines) is 1. The molecule has 1 atom stereocenters. The summed E-state index contributed by atoms with van der Waals surface area (Å²) in [7, 11) is 0. The summed E-state index contributed by atoms with van der Waals surface area (Å²) in [5, 5.41) is 15.0. The van der Waals surface area contributed by atoms with Gasteiger partial charge in [-0.15, -0.1) is 0 Å². The van der Waals surface area contributed by atoms with Gasteiger partial charge in [0.05, 0.1) is 0 Å². The molecule has 1 saturated heterocycles. The third-order valence-electron chi connectivity index (χ3n) is 5.39. The Hall–Kier alpha value is -2.76. The number of nitrogens with zero attached hydrogens (tertiary/aromatic N) is 4. The van der Waals surface area contributed by atoms with Gasteiger partial charge in [0.15, 0.2) is 6.19 Å². The first kappa shape index (κ1) is 23.9. The molecule has 32 heavy (non-hydrogen) atoms. The van der Waals surface area contributed by atoms with Crippen molar-refractivity contribution >= 4 is 40.8 Å². The number of pyridine rings is 1. The van der Waals surface area contributed by atoms with Crippen LogP contribution in [0.1, 0.15) is 49.0 Å². The van der Waals surface area contributed by atoms with Crippen LogP contribution < -0.4 is 10.6 Å². The van der Waals surface area contributed by atoms with Crippen LogP contribution in [0.15, 0.2) is 35.5 Å². The Morgan fingerprint density at radius 2 is 2.06 bits per heavy atom. The van der Waals surface area contributed by atoms with Gasteiger partial charge >= 0.3 is 0 Å². The van der Waals surface area contributed by atoms with Crippen molar-refractivity contribution in [1.29, 1.82) is 5.26 Å². The number of carbonyl (C=O) groups is 1. The van der Waals surface area contributed by atoms with E-state index in [0.717, 1.165) is 51.6 Å². The molecule has 0 aromatic carbocycles. The number of unbranched alkanes of at least 4 members (excludes halogenated alkanes) is 3. The van der Waals surface area contributed by atoms with Gasteiger partial charge in [0.25, 0.3) is 5.91 Å². The van der Waals surface area contributed by atoms with Crippen LogP contribution >= 0.6 is 23.2 Å². The number of anilines is 1. The van der Waals surface area contributed by atoms with Crippen molar-refractivity contribution in [3.63, 3.8) is 0 Å². The van der Waals surface area contributed by atoms with Gasteiger partial charge in [0, 0.05) is 31.5 Å². The Morgan fingerprint density at radius 1 is 1.28 bits per heavy atom. The first-order valence-corrected chi connectivity index (χ1v) is 11.5. The fraction of sp³-hybridized carbons (Fsp3) is 0.455. The van der Waals surface area contributed by atoms with Crippen LogP contribution in [0.4, 0.5) is 5.69 Å². The summed E-state index contributed by atoms with van der Waals surface area (Å²) in [6.45, 7) is 2.29. The predicted molar refractivity (Wildman–Crippen MR) is 127 cm³/mol. The molecular formula is C22H27Cl2N7O. The Bertz CT molecular complexity index is 935.